The molecule has 1 aliphatic heterocycles. The molecule has 0 bridgehead atoms. The number of hydrogen-bond acceptors (Lipinski definition) is 5. The standard InChI is InChI=1S/C20H24ClN3O3/c21-17-3-5-18(6-4-17)27-11-1-2-20(25)23-15-16-7-8-22-19(14-16)24-9-12-26-13-10-24/h3-8,14H,1-2,9-13,15H2,(H,23,25). The number of halogens is 1. The van der Waals surface area contributed by atoms with E-state index in [0.29, 0.717) is 31.0 Å². The summed E-state index contributed by atoms with van der Waals surface area (Å²) in [6, 6.07) is 11.1. The minimum atomic E-state index is 0.0134. The third kappa shape index (κ3) is 6.41. The molecule has 0 atom stereocenters. The molecule has 0 unspecified atom stereocenters. The summed E-state index contributed by atoms with van der Waals surface area (Å²) in [4.78, 5) is 18.6. The Morgan fingerprint density at radius 1 is 1.22 bits per heavy atom. The Balaban J connectivity index is 1.36. The molecular weight excluding hydrogens is 366 g/mol. The van der Waals surface area contributed by atoms with Crippen LogP contribution in [0.25, 0.3) is 0 Å². The predicted molar refractivity (Wildman–Crippen MR) is 105 cm³/mol. The highest BCUT2D eigenvalue weighted by atomic mass is 35.5. The molecule has 7 heteroatoms. The van der Waals surface area contributed by atoms with E-state index >= 15 is 0 Å². The number of benzene rings is 1. The molecule has 1 aromatic carbocycles. The summed E-state index contributed by atoms with van der Waals surface area (Å²) < 4.78 is 11.0. The van der Waals surface area contributed by atoms with Crippen molar-refractivity contribution >= 4 is 23.3 Å². The van der Waals surface area contributed by atoms with Gasteiger partial charge in [0.05, 0.1) is 19.8 Å². The Morgan fingerprint density at radius 2 is 2.00 bits per heavy atom. The smallest absolute Gasteiger partial charge is 0.220 e. The van der Waals surface area contributed by atoms with Crippen molar-refractivity contribution in [1.29, 1.82) is 0 Å². The van der Waals surface area contributed by atoms with Crippen molar-refractivity contribution in [2.45, 2.75) is 19.4 Å². The first-order valence-corrected chi connectivity index (χ1v) is 9.51. The minimum Gasteiger partial charge on any atom is -0.494 e. The molecule has 0 saturated carbocycles. The number of amides is 1. The number of carbonyl (C=O) groups excluding carboxylic acids is 1. The van der Waals surface area contributed by atoms with Crippen molar-refractivity contribution < 1.29 is 14.3 Å². The maximum Gasteiger partial charge on any atom is 0.220 e. The van der Waals surface area contributed by atoms with Gasteiger partial charge < -0.3 is 19.7 Å². The lowest BCUT2D eigenvalue weighted by molar-refractivity contribution is -0.121. The maximum atomic E-state index is 12.0. The second kappa shape index (κ2) is 10.1. The molecule has 6 nitrogen and oxygen atoms in total. The fraction of sp³-hybridized carbons (Fsp3) is 0.400. The van der Waals surface area contributed by atoms with Crippen molar-refractivity contribution in [3.05, 3.63) is 53.2 Å². The molecule has 0 aliphatic carbocycles. The summed E-state index contributed by atoms with van der Waals surface area (Å²) in [6.45, 7) is 4.12. The molecule has 1 N–H and O–H groups in total. The number of nitrogens with one attached hydrogen (secondary N) is 1. The number of ether oxygens (including phenoxy) is 2. The molecule has 3 rings (SSSR count). The lowest BCUT2D eigenvalue weighted by Crippen LogP contribution is -2.36. The van der Waals surface area contributed by atoms with Gasteiger partial charge in [0.1, 0.15) is 11.6 Å². The van der Waals surface area contributed by atoms with Crippen LogP contribution >= 0.6 is 11.6 Å². The fourth-order valence-electron chi connectivity index (χ4n) is 2.78. The van der Waals surface area contributed by atoms with Gasteiger partial charge in [-0.25, -0.2) is 4.98 Å². The van der Waals surface area contributed by atoms with Crippen LogP contribution in [-0.2, 0) is 16.1 Å². The van der Waals surface area contributed by atoms with E-state index in [0.717, 1.165) is 43.4 Å². The highest BCUT2D eigenvalue weighted by molar-refractivity contribution is 6.30. The van der Waals surface area contributed by atoms with Gasteiger partial charge in [-0.15, -0.1) is 0 Å². The second-order valence-corrected chi connectivity index (χ2v) is 6.74. The lowest BCUT2D eigenvalue weighted by atomic mass is 10.2. The second-order valence-electron chi connectivity index (χ2n) is 6.30. The van der Waals surface area contributed by atoms with Gasteiger partial charge >= 0.3 is 0 Å². The number of morpholine rings is 1. The summed E-state index contributed by atoms with van der Waals surface area (Å²) in [6.07, 6.45) is 2.87. The van der Waals surface area contributed by atoms with Crippen LogP contribution in [0.5, 0.6) is 5.75 Å². The Labute approximate surface area is 164 Å². The van der Waals surface area contributed by atoms with E-state index in [9.17, 15) is 4.79 Å². The summed E-state index contributed by atoms with van der Waals surface area (Å²) in [7, 11) is 0. The van der Waals surface area contributed by atoms with Crippen LogP contribution < -0.4 is 15.0 Å². The van der Waals surface area contributed by atoms with Gasteiger partial charge in [-0.3, -0.25) is 4.79 Å². The first-order valence-electron chi connectivity index (χ1n) is 9.13. The van der Waals surface area contributed by atoms with Crippen LogP contribution in [0, 0.1) is 0 Å². The number of aromatic nitrogens is 1. The monoisotopic (exact) mass is 389 g/mol. The number of nitrogens with zero attached hydrogens (tertiary/aromatic N) is 2. The third-order valence-corrected chi connectivity index (χ3v) is 4.52. The summed E-state index contributed by atoms with van der Waals surface area (Å²) in [5, 5.41) is 3.63. The van der Waals surface area contributed by atoms with E-state index < -0.39 is 0 Å². The van der Waals surface area contributed by atoms with E-state index in [1.807, 2.05) is 24.3 Å². The molecule has 1 amide bonds. The van der Waals surface area contributed by atoms with Gasteiger partial charge in [-0.1, -0.05) is 11.6 Å². The average Bonchev–Trinajstić information content (AvgIpc) is 2.72. The molecule has 144 valence electrons. The number of rotatable bonds is 8. The summed E-state index contributed by atoms with van der Waals surface area (Å²) in [5.41, 5.74) is 1.04. The van der Waals surface area contributed by atoms with Crippen LogP contribution in [0.3, 0.4) is 0 Å². The zero-order valence-corrected chi connectivity index (χ0v) is 16.0. The quantitative estimate of drug-likeness (QED) is 0.703. The Hall–Kier alpha value is -2.31. The maximum absolute atomic E-state index is 12.0. The van der Waals surface area contributed by atoms with Crippen molar-refractivity contribution in [1.82, 2.24) is 10.3 Å². The topological polar surface area (TPSA) is 63.7 Å². The van der Waals surface area contributed by atoms with Gasteiger partial charge in [0, 0.05) is 37.3 Å². The van der Waals surface area contributed by atoms with E-state index in [1.54, 1.807) is 18.3 Å². The van der Waals surface area contributed by atoms with Crippen molar-refractivity contribution in [3.8, 4) is 5.75 Å². The molecule has 0 radical (unpaired) electrons. The SMILES string of the molecule is O=C(CCCOc1ccc(Cl)cc1)NCc1ccnc(N2CCOCC2)c1. The summed E-state index contributed by atoms with van der Waals surface area (Å²) in [5.74, 6) is 1.70. The number of hydrogen-bond donors (Lipinski definition) is 1. The zero-order chi connectivity index (χ0) is 18.9. The van der Waals surface area contributed by atoms with Crippen LogP contribution in [0.15, 0.2) is 42.6 Å². The number of carbonyl (C=O) groups is 1. The Morgan fingerprint density at radius 3 is 2.78 bits per heavy atom. The largest absolute Gasteiger partial charge is 0.494 e. The van der Waals surface area contributed by atoms with Gasteiger partial charge in [-0.05, 0) is 48.4 Å². The van der Waals surface area contributed by atoms with Crippen molar-refractivity contribution in [2.75, 3.05) is 37.8 Å². The van der Waals surface area contributed by atoms with Crippen LogP contribution in [0.4, 0.5) is 5.82 Å². The van der Waals surface area contributed by atoms with Crippen LogP contribution in [-0.4, -0.2) is 43.8 Å². The molecule has 0 spiro atoms. The van der Waals surface area contributed by atoms with Gasteiger partial charge in [0.15, 0.2) is 0 Å². The highest BCUT2D eigenvalue weighted by Crippen LogP contribution is 2.16. The van der Waals surface area contributed by atoms with E-state index in [4.69, 9.17) is 21.1 Å². The molecule has 1 fully saturated rings. The average molecular weight is 390 g/mol. The van der Waals surface area contributed by atoms with Gasteiger partial charge in [-0.2, -0.15) is 0 Å². The Bertz CT molecular complexity index is 734. The summed E-state index contributed by atoms with van der Waals surface area (Å²) >= 11 is 5.83. The molecular formula is C20H24ClN3O3. The van der Waals surface area contributed by atoms with Gasteiger partial charge in [0.25, 0.3) is 0 Å². The molecule has 2 aromatic rings. The lowest BCUT2D eigenvalue weighted by Gasteiger charge is -2.28. The molecule has 1 aromatic heterocycles. The van der Waals surface area contributed by atoms with Crippen molar-refractivity contribution in [2.24, 2.45) is 0 Å². The third-order valence-electron chi connectivity index (χ3n) is 4.27. The van der Waals surface area contributed by atoms with Crippen LogP contribution in [0.2, 0.25) is 5.02 Å². The molecule has 1 saturated heterocycles. The molecule has 1 aliphatic rings. The zero-order valence-electron chi connectivity index (χ0n) is 15.2. The number of anilines is 1. The first kappa shape index (κ1) is 19.5. The Kier molecular flexibility index (Phi) is 7.30. The normalized spacial score (nSPS) is 14.0. The molecule has 27 heavy (non-hydrogen) atoms. The fourth-order valence-corrected chi connectivity index (χ4v) is 2.90. The highest BCUT2D eigenvalue weighted by Gasteiger charge is 2.12. The minimum absolute atomic E-state index is 0.0134. The van der Waals surface area contributed by atoms with Gasteiger partial charge in [0.2, 0.25) is 5.91 Å². The van der Waals surface area contributed by atoms with E-state index in [1.165, 1.54) is 0 Å². The van der Waals surface area contributed by atoms with E-state index in [-0.39, 0.29) is 5.91 Å². The van der Waals surface area contributed by atoms with Crippen LogP contribution in [0.1, 0.15) is 18.4 Å². The number of pyridine rings is 1. The van der Waals surface area contributed by atoms with E-state index in [2.05, 4.69) is 15.2 Å². The van der Waals surface area contributed by atoms with Crippen molar-refractivity contribution in [3.63, 3.8) is 0 Å². The molecule has 2 heterocycles. The predicted octanol–water partition coefficient (Wildman–Crippen LogP) is 3.05. The first-order chi connectivity index (χ1) is 13.2.